The third-order valence-corrected chi connectivity index (χ3v) is 4.48. The van der Waals surface area contributed by atoms with Crippen LogP contribution in [0.3, 0.4) is 0 Å². The molecule has 0 fully saturated rings. The first-order valence-corrected chi connectivity index (χ1v) is 6.79. The normalized spacial score (nSPS) is 24.5. The molecule has 17 heavy (non-hydrogen) atoms. The van der Waals surface area contributed by atoms with Gasteiger partial charge in [0.2, 0.25) is 9.84 Å². The molecule has 0 N–H and O–H groups in total. The van der Waals surface area contributed by atoms with Crippen LogP contribution in [0.2, 0.25) is 0 Å². The van der Waals surface area contributed by atoms with Crippen molar-refractivity contribution in [1.29, 1.82) is 0 Å². The number of benzene rings is 1. The average molecular weight is 252 g/mol. The smallest absolute Gasteiger partial charge is 0.206 e. The summed E-state index contributed by atoms with van der Waals surface area (Å²) in [5, 5.41) is 0. The zero-order valence-corrected chi connectivity index (χ0v) is 10.2. The summed E-state index contributed by atoms with van der Waals surface area (Å²) in [6.07, 6.45) is 4.15. The van der Waals surface area contributed by atoms with Crippen molar-refractivity contribution < 1.29 is 12.8 Å². The van der Waals surface area contributed by atoms with Crippen molar-refractivity contribution >= 4 is 9.84 Å². The first-order chi connectivity index (χ1) is 7.92. The molecule has 0 heterocycles. The van der Waals surface area contributed by atoms with E-state index in [2.05, 4.69) is 0 Å². The number of hydrogen-bond acceptors (Lipinski definition) is 2. The number of rotatable bonds is 2. The van der Waals surface area contributed by atoms with Gasteiger partial charge in [-0.15, -0.1) is 0 Å². The fraction of sp³-hybridized carbons (Fsp3) is 0.231. The Balaban J connectivity index is 2.37. The standard InChI is InChI=1S/C13H13FO2S/c1-13(14)9-7-12(8-10-13)17(15,16)11-5-3-2-4-6-11/h2-9H,10H2,1H3. The van der Waals surface area contributed by atoms with Crippen LogP contribution in [0.1, 0.15) is 13.3 Å². The summed E-state index contributed by atoms with van der Waals surface area (Å²) in [5.41, 5.74) is -1.45. The lowest BCUT2D eigenvalue weighted by Crippen LogP contribution is -2.17. The first kappa shape index (κ1) is 12.0. The van der Waals surface area contributed by atoms with Crippen molar-refractivity contribution in [2.45, 2.75) is 23.9 Å². The zero-order valence-electron chi connectivity index (χ0n) is 9.43. The molecule has 1 unspecified atom stereocenters. The lowest BCUT2D eigenvalue weighted by Gasteiger charge is -2.18. The Hall–Kier alpha value is -1.42. The maximum Gasteiger partial charge on any atom is 0.206 e. The first-order valence-electron chi connectivity index (χ1n) is 5.30. The van der Waals surface area contributed by atoms with Crippen LogP contribution in [-0.4, -0.2) is 14.1 Å². The lowest BCUT2D eigenvalue weighted by molar-refractivity contribution is 0.259. The van der Waals surface area contributed by atoms with Gasteiger partial charge in [0, 0.05) is 6.42 Å². The largest absolute Gasteiger partial charge is 0.239 e. The Morgan fingerprint density at radius 2 is 1.88 bits per heavy atom. The van der Waals surface area contributed by atoms with E-state index in [1.54, 1.807) is 18.2 Å². The van der Waals surface area contributed by atoms with Crippen LogP contribution in [0, 0.1) is 0 Å². The second-order valence-corrected chi connectivity index (χ2v) is 6.19. The summed E-state index contributed by atoms with van der Waals surface area (Å²) in [6.45, 7) is 1.42. The van der Waals surface area contributed by atoms with Crippen molar-refractivity contribution in [2.24, 2.45) is 0 Å². The molecule has 1 aliphatic carbocycles. The Kier molecular flexibility index (Phi) is 2.91. The van der Waals surface area contributed by atoms with Crippen molar-refractivity contribution in [3.8, 4) is 0 Å². The second kappa shape index (κ2) is 4.11. The van der Waals surface area contributed by atoms with Crippen LogP contribution in [0.15, 0.2) is 58.4 Å². The molecule has 0 bridgehead atoms. The van der Waals surface area contributed by atoms with Gasteiger partial charge in [0.05, 0.1) is 9.80 Å². The molecule has 0 aromatic heterocycles. The second-order valence-electron chi connectivity index (χ2n) is 4.24. The Bertz CT molecular complexity index is 569. The highest BCUT2D eigenvalue weighted by Crippen LogP contribution is 2.29. The van der Waals surface area contributed by atoms with Crippen LogP contribution in [0.4, 0.5) is 4.39 Å². The fourth-order valence-corrected chi connectivity index (χ4v) is 2.96. The molecule has 1 aliphatic rings. The maximum absolute atomic E-state index is 13.5. The lowest BCUT2D eigenvalue weighted by atomic mass is 10.0. The molecule has 1 atom stereocenters. The van der Waals surface area contributed by atoms with E-state index in [0.29, 0.717) is 0 Å². The molecule has 1 aromatic carbocycles. The van der Waals surface area contributed by atoms with E-state index in [9.17, 15) is 12.8 Å². The number of hydrogen-bond donors (Lipinski definition) is 0. The van der Waals surface area contributed by atoms with Gasteiger partial charge in [0.15, 0.2) is 0 Å². The third-order valence-electron chi connectivity index (χ3n) is 2.66. The zero-order chi connectivity index (χ0) is 12.5. The van der Waals surface area contributed by atoms with Gasteiger partial charge in [-0.2, -0.15) is 0 Å². The highest BCUT2D eigenvalue weighted by molar-refractivity contribution is 7.95. The van der Waals surface area contributed by atoms with Crippen molar-refractivity contribution in [1.82, 2.24) is 0 Å². The van der Waals surface area contributed by atoms with Crippen LogP contribution >= 0.6 is 0 Å². The van der Waals surface area contributed by atoms with Crippen LogP contribution in [0.5, 0.6) is 0 Å². The summed E-state index contributed by atoms with van der Waals surface area (Å²) in [5.74, 6) is 0. The summed E-state index contributed by atoms with van der Waals surface area (Å²) in [4.78, 5) is 0.400. The molecule has 0 saturated heterocycles. The van der Waals surface area contributed by atoms with E-state index in [4.69, 9.17) is 0 Å². The highest BCUT2D eigenvalue weighted by Gasteiger charge is 2.26. The summed E-state index contributed by atoms with van der Waals surface area (Å²) < 4.78 is 37.8. The molecule has 0 radical (unpaired) electrons. The SMILES string of the molecule is CC1(F)C=CC(S(=O)(=O)c2ccccc2)=CC1. The highest BCUT2D eigenvalue weighted by atomic mass is 32.2. The molecule has 0 spiro atoms. The van der Waals surface area contributed by atoms with Gasteiger partial charge in [-0.1, -0.05) is 24.3 Å². The van der Waals surface area contributed by atoms with E-state index in [0.717, 1.165) is 0 Å². The molecule has 2 nitrogen and oxygen atoms in total. The molecule has 0 amide bonds. The molecule has 90 valence electrons. The molecular formula is C13H13FO2S. The average Bonchev–Trinajstić information content (AvgIpc) is 2.29. The van der Waals surface area contributed by atoms with E-state index >= 15 is 0 Å². The van der Waals surface area contributed by atoms with E-state index in [1.807, 2.05) is 0 Å². The van der Waals surface area contributed by atoms with Gasteiger partial charge in [0.1, 0.15) is 5.67 Å². The van der Waals surface area contributed by atoms with Gasteiger partial charge >= 0.3 is 0 Å². The fourth-order valence-electron chi connectivity index (χ4n) is 1.63. The van der Waals surface area contributed by atoms with Crippen LogP contribution in [-0.2, 0) is 9.84 Å². The predicted octanol–water partition coefficient (Wildman–Crippen LogP) is 3.03. The van der Waals surface area contributed by atoms with Gasteiger partial charge in [0.25, 0.3) is 0 Å². The maximum atomic E-state index is 13.5. The van der Waals surface area contributed by atoms with Gasteiger partial charge < -0.3 is 0 Å². The number of sulfone groups is 1. The number of allylic oxidation sites excluding steroid dienone is 3. The number of alkyl halides is 1. The summed E-state index contributed by atoms with van der Waals surface area (Å²) >= 11 is 0. The predicted molar refractivity (Wildman–Crippen MR) is 65.0 cm³/mol. The van der Waals surface area contributed by atoms with Gasteiger partial charge in [-0.25, -0.2) is 12.8 Å². The summed E-state index contributed by atoms with van der Waals surface area (Å²) in [7, 11) is -3.50. The Morgan fingerprint density at radius 1 is 1.24 bits per heavy atom. The van der Waals surface area contributed by atoms with Crippen LogP contribution in [0.25, 0.3) is 0 Å². The third kappa shape index (κ3) is 2.47. The summed E-state index contributed by atoms with van der Waals surface area (Å²) in [6, 6.07) is 8.15. The van der Waals surface area contributed by atoms with Crippen molar-refractivity contribution in [3.63, 3.8) is 0 Å². The van der Waals surface area contributed by atoms with Gasteiger partial charge in [-0.3, -0.25) is 0 Å². The van der Waals surface area contributed by atoms with Crippen molar-refractivity contribution in [2.75, 3.05) is 0 Å². The monoisotopic (exact) mass is 252 g/mol. The topological polar surface area (TPSA) is 34.1 Å². The van der Waals surface area contributed by atoms with E-state index < -0.39 is 15.5 Å². The minimum atomic E-state index is -3.50. The van der Waals surface area contributed by atoms with E-state index in [-0.39, 0.29) is 16.2 Å². The van der Waals surface area contributed by atoms with E-state index in [1.165, 1.54) is 37.3 Å². The Labute approximate surface area is 100 Å². The van der Waals surface area contributed by atoms with Crippen molar-refractivity contribution in [3.05, 3.63) is 53.5 Å². The van der Waals surface area contributed by atoms with Crippen LogP contribution < -0.4 is 0 Å². The molecule has 4 heteroatoms. The quantitative estimate of drug-likeness (QED) is 0.810. The minimum absolute atomic E-state index is 0.0882. The molecule has 0 saturated carbocycles. The molecule has 0 aliphatic heterocycles. The molecule has 1 aromatic rings. The molecule has 2 rings (SSSR count). The molecular weight excluding hydrogens is 239 g/mol. The van der Waals surface area contributed by atoms with Gasteiger partial charge in [-0.05, 0) is 31.2 Å². The minimum Gasteiger partial charge on any atom is -0.239 e. The Morgan fingerprint density at radius 3 is 2.41 bits per heavy atom. The number of halogens is 1.